The normalized spacial score (nSPS) is 25.7. The van der Waals surface area contributed by atoms with Crippen molar-refractivity contribution in [3.8, 4) is 57.1 Å². The van der Waals surface area contributed by atoms with Crippen LogP contribution in [-0.4, -0.2) is 220 Å². The standard InChI is InChI=1S/C83H91Cl3N14O27/c1-34(2)22-47(89-5)74(113)97-65-67(108)38-10-15-51(45(85)24-38)123-53-26-40-27-54(71(53)127-81-72(70(111)69(110)55(32-101)125-81)126-60-31-83(4,73(112)35(3)122-60)90-19-21-100-20-18-58(93-82(100)120)92-59(107)17-8-36-6-12-41(84)13-7-36)124-52-16-11-39(25-46(52)86)68(109)66-79(118)96-64(80(119)99-121-33-57(88)106)44-28-42(102)29-50(104)61(44)43-23-37(9-14-49(43)103)62(76(115)98-66)95-77(116)63(40)94-75(114)48(30-56(87)105)91-78(65)117/h6-18,20,23-29,34-35,47-48,55,60,62-70,72-73,81,89-90,101-104,108-112H,19,21-22,30-33H2,1-5H3,(H2,87,105)(H2,88,106)(H,91,117)(H,94,114)(H,95,116)(H,96,118)(H,97,113)(H,98,115)(H,99,119)(H,92,93,107,120)/b17-8+/t35-,47+,48-,55+,60-,62+,63+,64+,65+,66-,67+,68+,69+,70-,72+,73+,81-,83-/m0/s1. The third-order valence-electron chi connectivity index (χ3n) is 21.4. The molecule has 44 heteroatoms. The van der Waals surface area contributed by atoms with E-state index < -0.39 is 277 Å². The number of likely N-dealkylation sites (N-methyl/N-ethyl adjacent to an activating group) is 1. The summed E-state index contributed by atoms with van der Waals surface area (Å²) in [5.41, 5.74) is 8.43. The predicted molar refractivity (Wildman–Crippen MR) is 446 cm³/mol. The van der Waals surface area contributed by atoms with Gasteiger partial charge in [0.1, 0.15) is 101 Å². The summed E-state index contributed by atoms with van der Waals surface area (Å²) in [5.74, 6) is -17.9. The van der Waals surface area contributed by atoms with E-state index in [2.05, 4.69) is 52.8 Å². The fourth-order valence-corrected chi connectivity index (χ4v) is 15.5. The van der Waals surface area contributed by atoms with E-state index in [0.717, 1.165) is 66.7 Å². The zero-order valence-corrected chi connectivity index (χ0v) is 70.3. The first-order valence-electron chi connectivity index (χ1n) is 39.5. The Kier molecular flexibility index (Phi) is 29.8. The number of aromatic hydroxyl groups is 3. The number of hydrogen-bond acceptors (Lipinski definition) is 30. The number of nitrogens with zero attached hydrogens (tertiary/aromatic N) is 2. The molecule has 676 valence electrons. The van der Waals surface area contributed by atoms with Gasteiger partial charge >= 0.3 is 5.69 Å². The van der Waals surface area contributed by atoms with Crippen LogP contribution >= 0.6 is 34.8 Å². The molecule has 0 aliphatic carbocycles. The van der Waals surface area contributed by atoms with E-state index in [1.807, 2.05) is 5.48 Å². The maximum absolute atomic E-state index is 16.3. The molecule has 0 spiro atoms. The predicted octanol–water partition coefficient (Wildman–Crippen LogP) is 0.748. The van der Waals surface area contributed by atoms with Crippen LogP contribution in [-0.2, 0) is 73.5 Å². The Balaban J connectivity index is 0.998. The first-order chi connectivity index (χ1) is 60.3. The molecule has 7 aliphatic rings. The van der Waals surface area contributed by atoms with E-state index in [9.17, 15) is 74.7 Å². The van der Waals surface area contributed by atoms with Crippen LogP contribution in [0.3, 0.4) is 0 Å². The molecule has 18 atom stereocenters. The summed E-state index contributed by atoms with van der Waals surface area (Å²) in [6.45, 7) is 4.59. The van der Waals surface area contributed by atoms with E-state index in [4.69, 9.17) is 79.5 Å². The van der Waals surface area contributed by atoms with Gasteiger partial charge in [0.25, 0.3) is 5.91 Å². The van der Waals surface area contributed by atoms with Crippen molar-refractivity contribution in [1.29, 1.82) is 0 Å². The molecule has 2 saturated heterocycles. The number of nitrogens with one attached hydrogen (secondary N) is 10. The van der Waals surface area contributed by atoms with Gasteiger partial charge in [-0.15, -0.1) is 0 Å². The first kappa shape index (κ1) is 94.0. The summed E-state index contributed by atoms with van der Waals surface area (Å²) in [4.78, 5) is 167. The number of aromatic nitrogens is 2. The number of amides is 10. The van der Waals surface area contributed by atoms with Gasteiger partial charge in [-0.2, -0.15) is 4.98 Å². The molecule has 1 aromatic heterocycles. The van der Waals surface area contributed by atoms with E-state index in [-0.39, 0.29) is 48.8 Å². The highest BCUT2D eigenvalue weighted by molar-refractivity contribution is 6.32. The van der Waals surface area contributed by atoms with Gasteiger partial charge < -0.3 is 134 Å². The summed E-state index contributed by atoms with van der Waals surface area (Å²) in [7, 11) is 1.46. The van der Waals surface area contributed by atoms with Gasteiger partial charge in [0, 0.05) is 59.5 Å². The Bertz CT molecular complexity index is 5480. The Morgan fingerprint density at radius 1 is 0.709 bits per heavy atom. The molecule has 0 saturated carbocycles. The van der Waals surface area contributed by atoms with Crippen molar-refractivity contribution < 1.29 is 127 Å². The van der Waals surface area contributed by atoms with Gasteiger partial charge in [-0.05, 0) is 145 Å². The smallest absolute Gasteiger partial charge is 0.349 e. The number of aliphatic hydroxyl groups excluding tert-OH is 6. The van der Waals surface area contributed by atoms with Crippen molar-refractivity contribution in [3.05, 3.63) is 180 Å². The molecule has 10 amide bonds. The van der Waals surface area contributed by atoms with Crippen LogP contribution in [0.2, 0.25) is 15.1 Å². The third kappa shape index (κ3) is 21.9. The molecule has 11 bridgehead atoms. The van der Waals surface area contributed by atoms with Gasteiger partial charge in [0.15, 0.2) is 30.5 Å². The number of aliphatic hydroxyl groups is 6. The van der Waals surface area contributed by atoms with Crippen molar-refractivity contribution in [2.24, 2.45) is 17.4 Å². The van der Waals surface area contributed by atoms with Crippen LogP contribution in [0.15, 0.2) is 126 Å². The lowest BCUT2D eigenvalue weighted by Gasteiger charge is -2.48. The van der Waals surface area contributed by atoms with Crippen LogP contribution in [0.25, 0.3) is 17.2 Å². The lowest BCUT2D eigenvalue weighted by Crippen LogP contribution is -2.65. The summed E-state index contributed by atoms with van der Waals surface area (Å²) in [5, 5.41) is 130. The molecular formula is C83H91Cl3N14O27. The highest BCUT2D eigenvalue weighted by atomic mass is 35.5. The van der Waals surface area contributed by atoms with Crippen LogP contribution in [0.4, 0.5) is 5.82 Å². The number of rotatable bonds is 23. The van der Waals surface area contributed by atoms with E-state index >= 15 is 24.0 Å². The molecule has 6 aromatic carbocycles. The lowest BCUT2D eigenvalue weighted by atomic mass is 9.85. The maximum atomic E-state index is 16.3. The minimum atomic E-state index is -2.42. The van der Waals surface area contributed by atoms with Crippen LogP contribution < -0.4 is 84.7 Å². The highest BCUT2D eigenvalue weighted by Crippen LogP contribution is 2.50. The summed E-state index contributed by atoms with van der Waals surface area (Å²) < 4.78 is 40.6. The Labute approximate surface area is 736 Å². The highest BCUT2D eigenvalue weighted by Gasteiger charge is 2.52. The number of carbonyl (C=O) groups excluding carboxylic acids is 10. The van der Waals surface area contributed by atoms with E-state index in [1.54, 1.807) is 45.0 Å². The molecular weight excluding hydrogens is 1730 g/mol. The molecule has 0 radical (unpaired) electrons. The van der Waals surface area contributed by atoms with Gasteiger partial charge in [0.2, 0.25) is 65.2 Å². The number of ether oxygens (including phenoxy) is 6. The number of halogens is 3. The second-order valence-corrected chi connectivity index (χ2v) is 32.3. The van der Waals surface area contributed by atoms with Crippen molar-refractivity contribution >= 4 is 106 Å². The van der Waals surface area contributed by atoms with Crippen molar-refractivity contribution in [1.82, 2.24) is 57.6 Å². The molecule has 0 unspecified atom stereocenters. The summed E-state index contributed by atoms with van der Waals surface area (Å²) in [6.07, 6.45) is -15.6. The number of hydroxylamine groups is 1. The molecule has 2 fully saturated rings. The Morgan fingerprint density at radius 2 is 1.35 bits per heavy atom. The number of benzene rings is 6. The fraction of sp³-hybridized carbons (Fsp3) is 0.373. The molecule has 7 aromatic rings. The zero-order chi connectivity index (χ0) is 91.9. The molecule has 7 aliphatic heterocycles. The number of primary amides is 2. The molecule has 14 rings (SSSR count). The van der Waals surface area contributed by atoms with Crippen molar-refractivity contribution in [2.45, 2.75) is 163 Å². The van der Waals surface area contributed by atoms with Gasteiger partial charge in [-0.3, -0.25) is 57.4 Å². The fourth-order valence-electron chi connectivity index (χ4n) is 14.9. The van der Waals surface area contributed by atoms with E-state index in [0.29, 0.717) is 10.6 Å². The SMILES string of the molecule is CN[C@H](CC(C)C)C(=O)N[C@H]1C(=O)N[C@@H](CC(N)=O)C(=O)N[C@H]2C(=O)N[C@H]3C(=O)N[C@H](C(=O)N[C@@H](C(=O)NOCC(N)=O)c4cc(O)cc(O)c4-c4cc3ccc4O)[C@H](O)c3ccc(c(Cl)c3)Oc3cc2cc(c3O[C@@H]2O[C@H](CO)[C@@H](O)[C@H](O)[C@H]2O[C@H]2C[C@](C)(NCCn3ccc(NC(=O)/C=C/c4ccc(Cl)cc4)nc3=O)[C@H](O)[C@H](C)O2)Oc2ccc(cc2Cl)[C@H]1O. The van der Waals surface area contributed by atoms with Gasteiger partial charge in [0.05, 0.1) is 41.3 Å². The van der Waals surface area contributed by atoms with Crippen LogP contribution in [0.5, 0.6) is 46.0 Å². The third-order valence-corrected chi connectivity index (χ3v) is 22.3. The summed E-state index contributed by atoms with van der Waals surface area (Å²) >= 11 is 20.3. The number of phenols is 3. The average molecular weight is 1820 g/mol. The zero-order valence-electron chi connectivity index (χ0n) is 68.0. The van der Waals surface area contributed by atoms with E-state index in [1.165, 1.54) is 55.1 Å². The molecule has 8 heterocycles. The van der Waals surface area contributed by atoms with Crippen molar-refractivity contribution in [3.63, 3.8) is 0 Å². The number of anilines is 1. The number of phenolic OH excluding ortho intramolecular Hbond substituents is 3. The van der Waals surface area contributed by atoms with Crippen LogP contribution in [0.1, 0.15) is 111 Å². The Hall–Kier alpha value is -12.2. The lowest BCUT2D eigenvalue weighted by molar-refractivity contribution is -0.334. The average Bonchev–Trinajstić information content (AvgIpc) is 0.763. The van der Waals surface area contributed by atoms with Crippen molar-refractivity contribution in [2.75, 3.05) is 32.1 Å². The van der Waals surface area contributed by atoms with Gasteiger partial charge in [-0.1, -0.05) is 79.0 Å². The first-order valence-corrected chi connectivity index (χ1v) is 40.6. The maximum Gasteiger partial charge on any atom is 0.349 e. The number of carbonyl (C=O) groups is 10. The minimum absolute atomic E-state index is 0.0436. The molecule has 23 N–H and O–H groups in total. The second-order valence-electron chi connectivity index (χ2n) is 31.1. The van der Waals surface area contributed by atoms with Gasteiger partial charge in [-0.25, -0.2) is 10.3 Å². The summed E-state index contributed by atoms with van der Waals surface area (Å²) in [6, 6.07) is 6.86. The van der Waals surface area contributed by atoms with Crippen LogP contribution in [0, 0.1) is 5.92 Å². The molecule has 41 nitrogen and oxygen atoms in total. The Morgan fingerprint density at radius 3 is 1.98 bits per heavy atom. The quantitative estimate of drug-likeness (QED) is 0.0310. The number of nitrogens with two attached hydrogens (primary N) is 2. The second kappa shape index (κ2) is 40.2. The topological polar surface area (TPSA) is 625 Å². The minimum Gasteiger partial charge on any atom is -0.508 e. The monoisotopic (exact) mass is 1820 g/mol. The largest absolute Gasteiger partial charge is 0.508 e. The molecule has 127 heavy (non-hydrogen) atoms. The number of fused-ring (bicyclic) bond motifs is 15. The number of hydrogen-bond donors (Lipinski definition) is 21.